The molecule has 0 atom stereocenters. The molecule has 1 aliphatic rings. The monoisotopic (exact) mass is 282 g/mol. The number of benzene rings is 1. The van der Waals surface area contributed by atoms with Crippen LogP contribution in [0.3, 0.4) is 0 Å². The number of rotatable bonds is 6. The molecule has 0 saturated carbocycles. The number of nitrogens with one attached hydrogen (secondary N) is 1. The number of piperidine rings is 1. The lowest BCUT2D eigenvalue weighted by Crippen LogP contribution is -2.36. The van der Waals surface area contributed by atoms with Crippen molar-refractivity contribution >= 4 is 12.4 Å². The fourth-order valence-electron chi connectivity index (χ4n) is 2.82. The Morgan fingerprint density at radius 3 is 2.47 bits per heavy atom. The summed E-state index contributed by atoms with van der Waals surface area (Å²) in [7, 11) is 0. The summed E-state index contributed by atoms with van der Waals surface area (Å²) in [5.41, 5.74) is 1.44. The molecule has 0 spiro atoms. The van der Waals surface area contributed by atoms with Crippen molar-refractivity contribution in [2.75, 3.05) is 26.2 Å². The molecule has 1 N–H and O–H groups in total. The molecule has 19 heavy (non-hydrogen) atoms. The molecule has 0 amide bonds. The molecule has 2 rings (SSSR count). The van der Waals surface area contributed by atoms with Crippen molar-refractivity contribution in [2.24, 2.45) is 5.92 Å². The van der Waals surface area contributed by atoms with E-state index in [9.17, 15) is 0 Å². The van der Waals surface area contributed by atoms with Gasteiger partial charge in [-0.05, 0) is 50.4 Å². The van der Waals surface area contributed by atoms with Gasteiger partial charge in [0.2, 0.25) is 0 Å². The normalized spacial score (nSPS) is 16.3. The maximum atomic E-state index is 3.45. The van der Waals surface area contributed by atoms with Crippen LogP contribution in [0.15, 0.2) is 30.3 Å². The van der Waals surface area contributed by atoms with Gasteiger partial charge in [-0.25, -0.2) is 0 Å². The molecule has 2 nitrogen and oxygen atoms in total. The zero-order chi connectivity index (χ0) is 12.6. The quantitative estimate of drug-likeness (QED) is 0.861. The lowest BCUT2D eigenvalue weighted by molar-refractivity contribution is 0.199. The van der Waals surface area contributed by atoms with Crippen LogP contribution < -0.4 is 5.32 Å². The summed E-state index contributed by atoms with van der Waals surface area (Å²) < 4.78 is 0. The van der Waals surface area contributed by atoms with Crippen LogP contribution in [0, 0.1) is 5.92 Å². The number of nitrogens with zero attached hydrogens (tertiary/aromatic N) is 1. The molecular formula is C16H27ClN2. The fraction of sp³-hybridized carbons (Fsp3) is 0.625. The van der Waals surface area contributed by atoms with Crippen molar-refractivity contribution in [3.63, 3.8) is 0 Å². The molecule has 1 fully saturated rings. The predicted octanol–water partition coefficient (Wildman–Crippen LogP) is 3.32. The molecular weight excluding hydrogens is 256 g/mol. The Kier molecular flexibility index (Phi) is 8.11. The third-order valence-corrected chi connectivity index (χ3v) is 3.76. The first-order valence-corrected chi connectivity index (χ1v) is 7.35. The Morgan fingerprint density at radius 2 is 1.84 bits per heavy atom. The van der Waals surface area contributed by atoms with E-state index in [2.05, 4.69) is 47.5 Å². The van der Waals surface area contributed by atoms with Gasteiger partial charge in [-0.1, -0.05) is 37.3 Å². The van der Waals surface area contributed by atoms with E-state index in [0.29, 0.717) is 0 Å². The minimum absolute atomic E-state index is 0. The second-order valence-electron chi connectivity index (χ2n) is 5.41. The first-order chi connectivity index (χ1) is 8.88. The van der Waals surface area contributed by atoms with Crippen LogP contribution in [-0.4, -0.2) is 31.1 Å². The molecule has 0 radical (unpaired) electrons. The van der Waals surface area contributed by atoms with Crippen molar-refractivity contribution < 1.29 is 0 Å². The van der Waals surface area contributed by atoms with Crippen LogP contribution in [0.5, 0.6) is 0 Å². The van der Waals surface area contributed by atoms with Crippen LogP contribution in [0.1, 0.15) is 31.7 Å². The number of hydrogen-bond donors (Lipinski definition) is 1. The van der Waals surface area contributed by atoms with E-state index < -0.39 is 0 Å². The smallest absolute Gasteiger partial charge is 0.0233 e. The van der Waals surface area contributed by atoms with Gasteiger partial charge in [0.1, 0.15) is 0 Å². The van der Waals surface area contributed by atoms with Gasteiger partial charge < -0.3 is 5.32 Å². The highest BCUT2D eigenvalue weighted by Gasteiger charge is 2.16. The summed E-state index contributed by atoms with van der Waals surface area (Å²) in [5.74, 6) is 0.890. The minimum atomic E-state index is 0. The van der Waals surface area contributed by atoms with Crippen LogP contribution in [0.4, 0.5) is 0 Å². The Hall–Kier alpha value is -0.570. The Balaban J connectivity index is 0.00000180. The van der Waals surface area contributed by atoms with E-state index in [1.54, 1.807) is 0 Å². The Labute approximate surface area is 124 Å². The number of hydrogen-bond acceptors (Lipinski definition) is 2. The Morgan fingerprint density at radius 1 is 1.16 bits per heavy atom. The molecule has 0 bridgehead atoms. The Bertz CT molecular complexity index is 323. The van der Waals surface area contributed by atoms with Crippen LogP contribution in [0.2, 0.25) is 0 Å². The predicted molar refractivity (Wildman–Crippen MR) is 84.9 cm³/mol. The van der Waals surface area contributed by atoms with Crippen LogP contribution >= 0.6 is 12.4 Å². The van der Waals surface area contributed by atoms with Crippen molar-refractivity contribution in [1.29, 1.82) is 0 Å². The maximum Gasteiger partial charge on any atom is 0.0233 e. The fourth-order valence-corrected chi connectivity index (χ4v) is 2.82. The van der Waals surface area contributed by atoms with Gasteiger partial charge in [-0.3, -0.25) is 4.90 Å². The molecule has 1 aromatic carbocycles. The highest BCUT2D eigenvalue weighted by Crippen LogP contribution is 2.15. The molecule has 1 saturated heterocycles. The molecule has 0 aromatic heterocycles. The van der Waals surface area contributed by atoms with E-state index in [1.165, 1.54) is 51.0 Å². The van der Waals surface area contributed by atoms with E-state index in [1.807, 2.05) is 0 Å². The highest BCUT2D eigenvalue weighted by atomic mass is 35.5. The molecule has 108 valence electrons. The van der Waals surface area contributed by atoms with Gasteiger partial charge >= 0.3 is 0 Å². The van der Waals surface area contributed by atoms with Gasteiger partial charge in [0.25, 0.3) is 0 Å². The first-order valence-electron chi connectivity index (χ1n) is 7.35. The van der Waals surface area contributed by atoms with Gasteiger partial charge in [-0.15, -0.1) is 12.4 Å². The summed E-state index contributed by atoms with van der Waals surface area (Å²) in [5, 5.41) is 3.45. The molecule has 1 aromatic rings. The van der Waals surface area contributed by atoms with Crippen molar-refractivity contribution in [3.8, 4) is 0 Å². The molecule has 0 unspecified atom stereocenters. The lowest BCUT2D eigenvalue weighted by atomic mass is 9.97. The standard InChI is InChI=1S/C16H26N2.ClH/c1-2-12-18(13-15-6-4-3-5-7-15)14-16-8-10-17-11-9-16;/h3-7,16-17H,2,8-14H2,1H3;1H. The second-order valence-corrected chi connectivity index (χ2v) is 5.41. The molecule has 0 aliphatic carbocycles. The van der Waals surface area contributed by atoms with E-state index in [0.717, 1.165) is 12.5 Å². The highest BCUT2D eigenvalue weighted by molar-refractivity contribution is 5.85. The average molecular weight is 283 g/mol. The summed E-state index contributed by atoms with van der Waals surface area (Å²) in [4.78, 5) is 2.63. The SMILES string of the molecule is CCCN(Cc1ccccc1)CC1CCNCC1.Cl. The molecule has 1 heterocycles. The summed E-state index contributed by atoms with van der Waals surface area (Å²) in [6.45, 7) is 8.29. The van der Waals surface area contributed by atoms with Gasteiger partial charge in [0.15, 0.2) is 0 Å². The third-order valence-electron chi connectivity index (χ3n) is 3.76. The van der Waals surface area contributed by atoms with Crippen LogP contribution in [0.25, 0.3) is 0 Å². The maximum absolute atomic E-state index is 3.45. The van der Waals surface area contributed by atoms with E-state index in [4.69, 9.17) is 0 Å². The van der Waals surface area contributed by atoms with E-state index >= 15 is 0 Å². The average Bonchev–Trinajstić information content (AvgIpc) is 2.41. The summed E-state index contributed by atoms with van der Waals surface area (Å²) in [6.07, 6.45) is 3.93. The minimum Gasteiger partial charge on any atom is -0.317 e. The van der Waals surface area contributed by atoms with Crippen LogP contribution in [-0.2, 0) is 6.54 Å². The van der Waals surface area contributed by atoms with Crippen molar-refractivity contribution in [3.05, 3.63) is 35.9 Å². The third kappa shape index (κ3) is 5.94. The second kappa shape index (κ2) is 9.35. The van der Waals surface area contributed by atoms with Crippen molar-refractivity contribution in [2.45, 2.75) is 32.7 Å². The van der Waals surface area contributed by atoms with Gasteiger partial charge in [0, 0.05) is 13.1 Å². The summed E-state index contributed by atoms with van der Waals surface area (Å²) >= 11 is 0. The first kappa shape index (κ1) is 16.5. The zero-order valence-corrected chi connectivity index (χ0v) is 12.8. The van der Waals surface area contributed by atoms with E-state index in [-0.39, 0.29) is 12.4 Å². The van der Waals surface area contributed by atoms with Gasteiger partial charge in [-0.2, -0.15) is 0 Å². The van der Waals surface area contributed by atoms with Gasteiger partial charge in [0.05, 0.1) is 0 Å². The summed E-state index contributed by atoms with van der Waals surface area (Å²) in [6, 6.07) is 10.9. The topological polar surface area (TPSA) is 15.3 Å². The zero-order valence-electron chi connectivity index (χ0n) is 12.0. The molecule has 3 heteroatoms. The van der Waals surface area contributed by atoms with Crippen molar-refractivity contribution in [1.82, 2.24) is 10.2 Å². The number of halogens is 1. The largest absolute Gasteiger partial charge is 0.317 e. The lowest BCUT2D eigenvalue weighted by Gasteiger charge is -2.30. The molecule has 1 aliphatic heterocycles.